The van der Waals surface area contributed by atoms with Crippen LogP contribution in [0.15, 0.2) is 0 Å². The highest BCUT2D eigenvalue weighted by molar-refractivity contribution is 6.19. The fourth-order valence-electron chi connectivity index (χ4n) is 0.935. The summed E-state index contributed by atoms with van der Waals surface area (Å²) in [5.41, 5.74) is 0. The number of rotatable bonds is 3. The molecule has 0 aliphatic heterocycles. The molecular formula is C6H11BO. The third kappa shape index (κ3) is 1.69. The molecule has 0 saturated heterocycles. The van der Waals surface area contributed by atoms with Crippen molar-refractivity contribution in [1.82, 2.24) is 0 Å². The van der Waals surface area contributed by atoms with Crippen LogP contribution in [-0.2, 0) is 4.79 Å². The molecule has 1 fully saturated rings. The van der Waals surface area contributed by atoms with Crippen molar-refractivity contribution in [2.75, 3.05) is 0 Å². The van der Waals surface area contributed by atoms with Crippen molar-refractivity contribution >= 4 is 14.1 Å². The standard InChI is InChI=1S/C6H11BO/c7-6(4-8)3-5-1-2-5/h4-6H,1-3,7H2. The topological polar surface area (TPSA) is 17.1 Å². The van der Waals surface area contributed by atoms with Gasteiger partial charge in [-0.3, -0.25) is 0 Å². The lowest BCUT2D eigenvalue weighted by Crippen LogP contribution is -1.93. The molecule has 1 nitrogen and oxygen atoms in total. The van der Waals surface area contributed by atoms with Gasteiger partial charge in [0.2, 0.25) is 0 Å². The van der Waals surface area contributed by atoms with Crippen molar-refractivity contribution in [2.45, 2.75) is 25.1 Å². The maximum Gasteiger partial charge on any atom is 0.115 e. The monoisotopic (exact) mass is 110 g/mol. The first-order valence-electron chi connectivity index (χ1n) is 3.28. The van der Waals surface area contributed by atoms with E-state index in [-0.39, 0.29) is 0 Å². The van der Waals surface area contributed by atoms with Crippen LogP contribution in [0.5, 0.6) is 0 Å². The van der Waals surface area contributed by atoms with Crippen molar-refractivity contribution in [3.63, 3.8) is 0 Å². The van der Waals surface area contributed by atoms with E-state index in [1.165, 1.54) is 12.8 Å². The van der Waals surface area contributed by atoms with Gasteiger partial charge in [0.1, 0.15) is 14.1 Å². The molecule has 0 radical (unpaired) electrons. The van der Waals surface area contributed by atoms with Gasteiger partial charge in [0.25, 0.3) is 0 Å². The molecule has 0 aromatic heterocycles. The van der Waals surface area contributed by atoms with E-state index in [1.54, 1.807) is 0 Å². The van der Waals surface area contributed by atoms with Gasteiger partial charge < -0.3 is 4.79 Å². The first-order chi connectivity index (χ1) is 3.83. The predicted octanol–water partition coefficient (Wildman–Crippen LogP) is 0.407. The Morgan fingerprint density at radius 1 is 1.75 bits per heavy atom. The van der Waals surface area contributed by atoms with E-state index in [4.69, 9.17) is 0 Å². The Kier molecular flexibility index (Phi) is 1.71. The first-order valence-corrected chi connectivity index (χ1v) is 3.28. The number of hydrogen-bond acceptors (Lipinski definition) is 1. The average Bonchev–Trinajstić information content (AvgIpc) is 2.50. The van der Waals surface area contributed by atoms with Crippen molar-refractivity contribution in [1.29, 1.82) is 0 Å². The second-order valence-electron chi connectivity index (χ2n) is 2.79. The Labute approximate surface area is 50.9 Å². The van der Waals surface area contributed by atoms with Gasteiger partial charge in [-0.25, -0.2) is 0 Å². The Hall–Kier alpha value is -0.265. The summed E-state index contributed by atoms with van der Waals surface area (Å²) in [6.07, 6.45) is 4.90. The predicted molar refractivity (Wildman–Crippen MR) is 35.7 cm³/mol. The minimum atomic E-state index is 0.308. The van der Waals surface area contributed by atoms with E-state index < -0.39 is 0 Å². The van der Waals surface area contributed by atoms with E-state index in [1.807, 2.05) is 7.85 Å². The summed E-state index contributed by atoms with van der Waals surface area (Å²) in [5, 5.41) is 0. The molecule has 1 rings (SSSR count). The van der Waals surface area contributed by atoms with Crippen molar-refractivity contribution in [3.8, 4) is 0 Å². The number of carbonyl (C=O) groups is 1. The molecule has 1 aliphatic carbocycles. The minimum absolute atomic E-state index is 0.308. The zero-order valence-corrected chi connectivity index (χ0v) is 5.26. The molecule has 0 amide bonds. The summed E-state index contributed by atoms with van der Waals surface area (Å²) in [6.45, 7) is 0. The Bertz CT molecular complexity index is 88.5. The fraction of sp³-hybridized carbons (Fsp3) is 0.833. The zero-order chi connectivity index (χ0) is 5.98. The summed E-state index contributed by atoms with van der Waals surface area (Å²) >= 11 is 0. The van der Waals surface area contributed by atoms with E-state index in [0.717, 1.165) is 18.6 Å². The largest absolute Gasteiger partial charge is 0.304 e. The van der Waals surface area contributed by atoms with Crippen molar-refractivity contribution < 1.29 is 4.79 Å². The van der Waals surface area contributed by atoms with Gasteiger partial charge in [-0.15, -0.1) is 0 Å². The number of aldehydes is 1. The lowest BCUT2D eigenvalue weighted by atomic mass is 9.84. The van der Waals surface area contributed by atoms with Crippen LogP contribution in [-0.4, -0.2) is 14.1 Å². The second kappa shape index (κ2) is 2.34. The zero-order valence-electron chi connectivity index (χ0n) is 5.26. The van der Waals surface area contributed by atoms with Gasteiger partial charge in [-0.2, -0.15) is 0 Å². The molecule has 0 heterocycles. The average molecular weight is 110 g/mol. The summed E-state index contributed by atoms with van der Waals surface area (Å²) in [6, 6.07) is 0. The first kappa shape index (κ1) is 5.86. The van der Waals surface area contributed by atoms with E-state index in [2.05, 4.69) is 0 Å². The van der Waals surface area contributed by atoms with Gasteiger partial charge >= 0.3 is 0 Å². The molecular weight excluding hydrogens is 98.9 g/mol. The van der Waals surface area contributed by atoms with Gasteiger partial charge in [0.15, 0.2) is 0 Å². The molecule has 44 valence electrons. The quantitative estimate of drug-likeness (QED) is 0.379. The molecule has 0 aromatic carbocycles. The molecule has 1 atom stereocenters. The van der Waals surface area contributed by atoms with Crippen molar-refractivity contribution in [3.05, 3.63) is 0 Å². The second-order valence-corrected chi connectivity index (χ2v) is 2.79. The van der Waals surface area contributed by atoms with Gasteiger partial charge in [-0.1, -0.05) is 12.8 Å². The highest BCUT2D eigenvalue weighted by Crippen LogP contribution is 2.35. The maximum absolute atomic E-state index is 10.1. The molecule has 0 spiro atoms. The molecule has 2 heteroatoms. The lowest BCUT2D eigenvalue weighted by molar-refractivity contribution is -0.107. The summed E-state index contributed by atoms with van der Waals surface area (Å²) in [7, 11) is 1.99. The molecule has 1 aliphatic rings. The Morgan fingerprint density at radius 3 is 2.75 bits per heavy atom. The fourth-order valence-corrected chi connectivity index (χ4v) is 0.935. The van der Waals surface area contributed by atoms with Crippen LogP contribution in [0, 0.1) is 5.92 Å². The smallest absolute Gasteiger partial charge is 0.115 e. The van der Waals surface area contributed by atoms with Crippen LogP contribution in [0.4, 0.5) is 0 Å². The third-order valence-electron chi connectivity index (χ3n) is 1.63. The Morgan fingerprint density at radius 2 is 2.38 bits per heavy atom. The lowest BCUT2D eigenvalue weighted by Gasteiger charge is -1.96. The number of hydrogen-bond donors (Lipinski definition) is 0. The van der Waals surface area contributed by atoms with E-state index in [9.17, 15) is 4.79 Å². The molecule has 1 saturated carbocycles. The van der Waals surface area contributed by atoms with Crippen LogP contribution in [0.2, 0.25) is 5.82 Å². The summed E-state index contributed by atoms with van der Waals surface area (Å²) < 4.78 is 0. The van der Waals surface area contributed by atoms with Gasteiger partial charge in [0.05, 0.1) is 0 Å². The molecule has 8 heavy (non-hydrogen) atoms. The molecule has 0 aromatic rings. The van der Waals surface area contributed by atoms with Crippen LogP contribution >= 0.6 is 0 Å². The Balaban J connectivity index is 2.06. The molecule has 1 unspecified atom stereocenters. The summed E-state index contributed by atoms with van der Waals surface area (Å²) in [5.74, 6) is 1.21. The molecule has 0 bridgehead atoms. The van der Waals surface area contributed by atoms with E-state index in [0.29, 0.717) is 5.82 Å². The maximum atomic E-state index is 10.1. The minimum Gasteiger partial charge on any atom is -0.304 e. The van der Waals surface area contributed by atoms with Crippen molar-refractivity contribution in [2.24, 2.45) is 5.92 Å². The number of carbonyl (C=O) groups excluding carboxylic acids is 1. The van der Waals surface area contributed by atoms with Crippen LogP contribution in [0.1, 0.15) is 19.3 Å². The van der Waals surface area contributed by atoms with Crippen LogP contribution in [0.25, 0.3) is 0 Å². The molecule has 0 N–H and O–H groups in total. The SMILES string of the molecule is BC(C=O)CC1CC1. The van der Waals surface area contributed by atoms with Crippen LogP contribution in [0.3, 0.4) is 0 Å². The highest BCUT2D eigenvalue weighted by Gasteiger charge is 2.22. The van der Waals surface area contributed by atoms with Crippen LogP contribution < -0.4 is 0 Å². The van der Waals surface area contributed by atoms with E-state index >= 15 is 0 Å². The third-order valence-corrected chi connectivity index (χ3v) is 1.63. The normalized spacial score (nSPS) is 22.5. The van der Waals surface area contributed by atoms with Gasteiger partial charge in [-0.05, 0) is 18.2 Å². The summed E-state index contributed by atoms with van der Waals surface area (Å²) in [4.78, 5) is 10.1. The van der Waals surface area contributed by atoms with Gasteiger partial charge in [0, 0.05) is 0 Å². The highest BCUT2D eigenvalue weighted by atomic mass is 16.1.